The first-order chi connectivity index (χ1) is 15.0. The number of hydrogen-bond donors (Lipinski definition) is 7. The minimum absolute atomic E-state index is 0.0252. The molecule has 32 heavy (non-hydrogen) atoms. The summed E-state index contributed by atoms with van der Waals surface area (Å²) < 4.78 is 0. The van der Waals surface area contributed by atoms with Gasteiger partial charge in [0.05, 0.1) is 18.7 Å². The Morgan fingerprint density at radius 3 is 2.12 bits per heavy atom. The van der Waals surface area contributed by atoms with Crippen LogP contribution in [0.4, 0.5) is 0 Å². The van der Waals surface area contributed by atoms with Crippen molar-refractivity contribution >= 4 is 23.7 Å². The molecule has 0 saturated carbocycles. The van der Waals surface area contributed by atoms with Gasteiger partial charge >= 0.3 is 5.97 Å². The largest absolute Gasteiger partial charge is 0.508 e. The molecule has 0 aliphatic carbocycles. The summed E-state index contributed by atoms with van der Waals surface area (Å²) in [5.41, 5.74) is 6.42. The van der Waals surface area contributed by atoms with E-state index >= 15 is 0 Å². The number of hydrogen-bond acceptors (Lipinski definition) is 7. The van der Waals surface area contributed by atoms with E-state index in [4.69, 9.17) is 5.73 Å². The van der Waals surface area contributed by atoms with Crippen LogP contribution in [0.15, 0.2) is 24.3 Å². The molecule has 11 nitrogen and oxygen atoms in total. The van der Waals surface area contributed by atoms with E-state index in [0.29, 0.717) is 12.0 Å². The Morgan fingerprint density at radius 2 is 1.62 bits per heavy atom. The summed E-state index contributed by atoms with van der Waals surface area (Å²) in [5.74, 6) is -3.57. The Balaban J connectivity index is 2.66. The van der Waals surface area contributed by atoms with E-state index in [0.717, 1.165) is 0 Å². The van der Waals surface area contributed by atoms with Gasteiger partial charge in [0.25, 0.3) is 0 Å². The molecule has 8 N–H and O–H groups in total. The van der Waals surface area contributed by atoms with Gasteiger partial charge in [-0.15, -0.1) is 0 Å². The second-order valence-electron chi connectivity index (χ2n) is 7.68. The van der Waals surface area contributed by atoms with E-state index in [1.807, 2.05) is 6.92 Å². The summed E-state index contributed by atoms with van der Waals surface area (Å²) in [5, 5.41) is 35.5. The van der Waals surface area contributed by atoms with Gasteiger partial charge in [-0.2, -0.15) is 0 Å². The molecule has 11 heteroatoms. The van der Waals surface area contributed by atoms with Crippen molar-refractivity contribution in [1.29, 1.82) is 0 Å². The number of aliphatic hydroxyl groups is 1. The number of carbonyl (C=O) groups excluding carboxylic acids is 3. The van der Waals surface area contributed by atoms with Crippen molar-refractivity contribution in [2.24, 2.45) is 11.7 Å². The lowest BCUT2D eigenvalue weighted by molar-refractivity contribution is -0.141. The summed E-state index contributed by atoms with van der Waals surface area (Å²) in [7, 11) is 0. The number of nitrogens with one attached hydrogen (secondary N) is 3. The topological polar surface area (TPSA) is 191 Å². The Labute approximate surface area is 186 Å². The molecule has 0 bridgehead atoms. The van der Waals surface area contributed by atoms with Crippen molar-refractivity contribution in [3.63, 3.8) is 0 Å². The summed E-state index contributed by atoms with van der Waals surface area (Å²) in [6.45, 7) is 4.39. The molecule has 0 saturated heterocycles. The van der Waals surface area contributed by atoms with Gasteiger partial charge in [-0.05, 0) is 30.5 Å². The van der Waals surface area contributed by atoms with Crippen LogP contribution in [0.5, 0.6) is 5.75 Å². The number of phenolic OH excluding ortho intramolecular Hbond substituents is 1. The van der Waals surface area contributed by atoms with Gasteiger partial charge in [-0.1, -0.05) is 32.4 Å². The average Bonchev–Trinajstić information content (AvgIpc) is 2.75. The molecule has 0 aliphatic heterocycles. The van der Waals surface area contributed by atoms with Crippen LogP contribution in [0.3, 0.4) is 0 Å². The predicted octanol–water partition coefficient (Wildman–Crippen LogP) is -1.14. The number of aliphatic hydroxyl groups excluding tert-OH is 1. The van der Waals surface area contributed by atoms with Crippen LogP contribution in [0.2, 0.25) is 0 Å². The van der Waals surface area contributed by atoms with Crippen molar-refractivity contribution in [1.82, 2.24) is 16.0 Å². The number of aromatic hydroxyl groups is 1. The fourth-order valence-electron chi connectivity index (χ4n) is 2.76. The van der Waals surface area contributed by atoms with Crippen LogP contribution in [0.25, 0.3) is 0 Å². The summed E-state index contributed by atoms with van der Waals surface area (Å²) in [4.78, 5) is 48.2. The van der Waals surface area contributed by atoms with Crippen LogP contribution in [-0.2, 0) is 25.6 Å². The summed E-state index contributed by atoms with van der Waals surface area (Å²) >= 11 is 0. The number of phenols is 1. The lowest BCUT2D eigenvalue weighted by atomic mass is 9.99. The number of nitrogens with two attached hydrogens (primary N) is 1. The summed E-state index contributed by atoms with van der Waals surface area (Å²) in [6.07, 6.45) is -0.642. The molecule has 1 aromatic rings. The van der Waals surface area contributed by atoms with Gasteiger partial charge < -0.3 is 37.0 Å². The second kappa shape index (κ2) is 12.6. The Morgan fingerprint density at radius 1 is 1.03 bits per heavy atom. The van der Waals surface area contributed by atoms with Gasteiger partial charge in [0.1, 0.15) is 17.8 Å². The fourth-order valence-corrected chi connectivity index (χ4v) is 2.76. The first-order valence-electron chi connectivity index (χ1n) is 10.3. The number of aliphatic carboxylic acids is 1. The van der Waals surface area contributed by atoms with E-state index in [9.17, 15) is 34.5 Å². The monoisotopic (exact) mass is 452 g/mol. The minimum Gasteiger partial charge on any atom is -0.508 e. The molecule has 1 aromatic carbocycles. The maximum Gasteiger partial charge on any atom is 0.326 e. The summed E-state index contributed by atoms with van der Waals surface area (Å²) in [6, 6.07) is 2.39. The van der Waals surface area contributed by atoms with Gasteiger partial charge in [0.15, 0.2) is 0 Å². The van der Waals surface area contributed by atoms with Crippen LogP contribution in [-0.4, -0.2) is 69.8 Å². The van der Waals surface area contributed by atoms with Crippen molar-refractivity contribution in [2.75, 3.05) is 6.54 Å². The highest BCUT2D eigenvalue weighted by atomic mass is 16.4. The molecule has 178 valence electrons. The standard InChI is InChI=1S/C21H32N4O7/c1-4-11(2)17(22)19(29)25-18(12(3)26)20(30)23-10-16(28)24-15(21(31)32)9-13-5-7-14(27)8-6-13/h5-8,11-12,15,17-18,26-27H,4,9-10,22H2,1-3H3,(H,23,30)(H,24,28)(H,25,29)(H,31,32). The number of benzene rings is 1. The molecule has 0 aromatic heterocycles. The third kappa shape index (κ3) is 8.52. The van der Waals surface area contributed by atoms with Crippen molar-refractivity contribution in [2.45, 2.75) is 57.8 Å². The van der Waals surface area contributed by atoms with Gasteiger partial charge in [-0.25, -0.2) is 4.79 Å². The van der Waals surface area contributed by atoms with Crippen LogP contribution >= 0.6 is 0 Å². The predicted molar refractivity (Wildman–Crippen MR) is 115 cm³/mol. The highest BCUT2D eigenvalue weighted by Gasteiger charge is 2.29. The zero-order valence-corrected chi connectivity index (χ0v) is 18.4. The van der Waals surface area contributed by atoms with Gasteiger partial charge in [-0.3, -0.25) is 14.4 Å². The minimum atomic E-state index is -1.34. The van der Waals surface area contributed by atoms with Crippen LogP contribution in [0, 0.1) is 5.92 Å². The number of carbonyl (C=O) groups is 4. The first-order valence-corrected chi connectivity index (χ1v) is 10.3. The van der Waals surface area contributed by atoms with Gasteiger partial charge in [0.2, 0.25) is 17.7 Å². The molecule has 5 unspecified atom stereocenters. The quantitative estimate of drug-likeness (QED) is 0.207. The second-order valence-corrected chi connectivity index (χ2v) is 7.68. The van der Waals surface area contributed by atoms with Gasteiger partial charge in [0, 0.05) is 6.42 Å². The van der Waals surface area contributed by atoms with E-state index in [-0.39, 0.29) is 18.1 Å². The fraction of sp³-hybridized carbons (Fsp3) is 0.524. The smallest absolute Gasteiger partial charge is 0.326 e. The number of carboxylic acids is 1. The first kappa shape index (κ1) is 26.9. The molecule has 0 aliphatic rings. The third-order valence-corrected chi connectivity index (χ3v) is 5.06. The van der Waals surface area contributed by atoms with Crippen molar-refractivity contribution in [3.05, 3.63) is 29.8 Å². The number of amides is 3. The maximum absolute atomic E-state index is 12.4. The Hall–Kier alpha value is -3.18. The van der Waals surface area contributed by atoms with E-state index in [2.05, 4.69) is 16.0 Å². The third-order valence-electron chi connectivity index (χ3n) is 5.06. The molecule has 1 rings (SSSR count). The average molecular weight is 453 g/mol. The lowest BCUT2D eigenvalue weighted by Gasteiger charge is -2.24. The van der Waals surface area contributed by atoms with E-state index < -0.39 is 54.5 Å². The SMILES string of the molecule is CCC(C)C(N)C(=O)NC(C(=O)NCC(=O)NC(Cc1ccc(O)cc1)C(=O)O)C(C)O. The number of carboxylic acid groups (broad SMARTS) is 1. The molecule has 3 amide bonds. The Bertz CT molecular complexity index is 798. The molecular formula is C21H32N4O7. The Kier molecular flexibility index (Phi) is 10.6. The molecule has 5 atom stereocenters. The van der Waals surface area contributed by atoms with Crippen LogP contribution in [0.1, 0.15) is 32.8 Å². The normalized spacial score (nSPS) is 15.5. The molecule has 0 radical (unpaired) electrons. The highest BCUT2D eigenvalue weighted by molar-refractivity contribution is 5.93. The molecule has 0 fully saturated rings. The highest BCUT2D eigenvalue weighted by Crippen LogP contribution is 2.11. The van der Waals surface area contributed by atoms with Crippen molar-refractivity contribution in [3.8, 4) is 5.75 Å². The lowest BCUT2D eigenvalue weighted by Crippen LogP contribution is -2.58. The zero-order chi connectivity index (χ0) is 24.4. The molecule has 0 heterocycles. The van der Waals surface area contributed by atoms with Crippen LogP contribution < -0.4 is 21.7 Å². The van der Waals surface area contributed by atoms with E-state index in [1.165, 1.54) is 31.2 Å². The molecular weight excluding hydrogens is 420 g/mol. The van der Waals surface area contributed by atoms with Crippen molar-refractivity contribution < 1.29 is 34.5 Å². The zero-order valence-electron chi connectivity index (χ0n) is 18.4. The van der Waals surface area contributed by atoms with E-state index in [1.54, 1.807) is 6.92 Å². The maximum atomic E-state index is 12.4. The number of rotatable bonds is 12. The molecule has 0 spiro atoms.